The molecule has 2 amide bonds. The number of primary amides is 1. The Bertz CT molecular complexity index is 373. The maximum absolute atomic E-state index is 10.5. The molecule has 0 aliphatic carbocycles. The van der Waals surface area contributed by atoms with Crippen molar-refractivity contribution in [1.82, 2.24) is 5.43 Å². The van der Waals surface area contributed by atoms with Gasteiger partial charge >= 0.3 is 6.03 Å². The first-order valence-electron chi connectivity index (χ1n) is 5.23. The molecule has 1 aromatic rings. The van der Waals surface area contributed by atoms with E-state index >= 15 is 0 Å². The number of amides is 2. The topological polar surface area (TPSA) is 67.5 Å². The predicted molar refractivity (Wildman–Crippen MR) is 65.1 cm³/mol. The van der Waals surface area contributed by atoms with Crippen LogP contribution < -0.4 is 11.2 Å². The molecular formula is C12H17N3O. The third-order valence-electron chi connectivity index (χ3n) is 2.44. The third kappa shape index (κ3) is 4.13. The fourth-order valence-corrected chi connectivity index (χ4v) is 1.37. The van der Waals surface area contributed by atoms with Crippen LogP contribution in [0.15, 0.2) is 35.4 Å². The number of carbonyl (C=O) groups is 1. The molecule has 1 atom stereocenters. The highest BCUT2D eigenvalue weighted by Gasteiger charge is 2.07. The zero-order chi connectivity index (χ0) is 12.0. The molecule has 0 bridgehead atoms. The van der Waals surface area contributed by atoms with Crippen LogP contribution in [-0.4, -0.2) is 11.7 Å². The second-order valence-corrected chi connectivity index (χ2v) is 3.82. The first-order chi connectivity index (χ1) is 7.59. The number of hydrazone groups is 1. The molecule has 3 N–H and O–H groups in total. The van der Waals surface area contributed by atoms with Gasteiger partial charge in [-0.25, -0.2) is 10.2 Å². The van der Waals surface area contributed by atoms with Crippen LogP contribution in [0.3, 0.4) is 0 Å². The van der Waals surface area contributed by atoms with Gasteiger partial charge in [0.2, 0.25) is 0 Å². The van der Waals surface area contributed by atoms with Crippen LogP contribution in [0.4, 0.5) is 4.79 Å². The van der Waals surface area contributed by atoms with E-state index in [-0.39, 0.29) is 5.92 Å². The lowest BCUT2D eigenvalue weighted by Crippen LogP contribution is -2.26. The number of nitrogens with zero attached hydrogens (tertiary/aromatic N) is 1. The Balaban J connectivity index is 2.55. The summed E-state index contributed by atoms with van der Waals surface area (Å²) in [4.78, 5) is 10.5. The van der Waals surface area contributed by atoms with Gasteiger partial charge in [-0.1, -0.05) is 37.3 Å². The molecule has 0 fully saturated rings. The van der Waals surface area contributed by atoms with E-state index in [1.54, 1.807) is 0 Å². The smallest absolute Gasteiger partial charge is 0.332 e. The van der Waals surface area contributed by atoms with E-state index in [9.17, 15) is 4.79 Å². The van der Waals surface area contributed by atoms with Crippen molar-refractivity contribution in [1.29, 1.82) is 0 Å². The van der Waals surface area contributed by atoms with Crippen LogP contribution in [0.1, 0.15) is 19.4 Å². The molecule has 0 saturated carbocycles. The second-order valence-electron chi connectivity index (χ2n) is 3.82. The lowest BCUT2D eigenvalue weighted by molar-refractivity contribution is 0.249. The SMILES string of the molecule is C/C(=N\NC(N)=O)C(C)Cc1ccccc1. The highest BCUT2D eigenvalue weighted by molar-refractivity contribution is 5.85. The molecule has 0 aliphatic heterocycles. The molecule has 0 heterocycles. The van der Waals surface area contributed by atoms with E-state index in [0.717, 1.165) is 12.1 Å². The van der Waals surface area contributed by atoms with Crippen LogP contribution in [0.25, 0.3) is 0 Å². The van der Waals surface area contributed by atoms with Crippen LogP contribution >= 0.6 is 0 Å². The molecule has 0 saturated heterocycles. The predicted octanol–water partition coefficient (Wildman–Crippen LogP) is 1.91. The Kier molecular flexibility index (Phi) is 4.51. The van der Waals surface area contributed by atoms with Gasteiger partial charge in [-0.3, -0.25) is 0 Å². The van der Waals surface area contributed by atoms with E-state index in [1.165, 1.54) is 5.56 Å². The molecular weight excluding hydrogens is 202 g/mol. The minimum Gasteiger partial charge on any atom is -0.350 e. The Hall–Kier alpha value is -1.84. The van der Waals surface area contributed by atoms with Crippen molar-refractivity contribution in [3.05, 3.63) is 35.9 Å². The number of hydrogen-bond donors (Lipinski definition) is 2. The third-order valence-corrected chi connectivity index (χ3v) is 2.44. The number of carbonyl (C=O) groups excluding carboxylic acids is 1. The highest BCUT2D eigenvalue weighted by Crippen LogP contribution is 2.09. The Morgan fingerprint density at radius 1 is 1.44 bits per heavy atom. The summed E-state index contributed by atoms with van der Waals surface area (Å²) in [6.07, 6.45) is 0.899. The zero-order valence-electron chi connectivity index (χ0n) is 9.60. The van der Waals surface area contributed by atoms with Crippen molar-refractivity contribution in [3.63, 3.8) is 0 Å². The van der Waals surface area contributed by atoms with E-state index < -0.39 is 6.03 Å². The summed E-state index contributed by atoms with van der Waals surface area (Å²) in [5.74, 6) is 0.272. The van der Waals surface area contributed by atoms with E-state index in [2.05, 4.69) is 29.6 Å². The van der Waals surface area contributed by atoms with Crippen LogP contribution in [-0.2, 0) is 6.42 Å². The largest absolute Gasteiger partial charge is 0.350 e. The van der Waals surface area contributed by atoms with Crippen molar-refractivity contribution >= 4 is 11.7 Å². The average Bonchev–Trinajstić information content (AvgIpc) is 2.27. The second kappa shape index (κ2) is 5.90. The summed E-state index contributed by atoms with van der Waals surface area (Å²) in [6.45, 7) is 3.94. The molecule has 1 rings (SSSR count). The van der Waals surface area contributed by atoms with E-state index in [4.69, 9.17) is 5.73 Å². The van der Waals surface area contributed by atoms with Crippen LogP contribution in [0, 0.1) is 5.92 Å². The number of rotatable bonds is 4. The summed E-state index contributed by atoms with van der Waals surface area (Å²) in [7, 11) is 0. The molecule has 0 radical (unpaired) electrons. The zero-order valence-corrected chi connectivity index (χ0v) is 9.60. The maximum Gasteiger partial charge on any atom is 0.332 e. The molecule has 0 spiro atoms. The fraction of sp³-hybridized carbons (Fsp3) is 0.333. The van der Waals surface area contributed by atoms with Gasteiger partial charge in [-0.05, 0) is 24.8 Å². The molecule has 4 heteroatoms. The van der Waals surface area contributed by atoms with Gasteiger partial charge < -0.3 is 5.73 Å². The van der Waals surface area contributed by atoms with Gasteiger partial charge in [-0.2, -0.15) is 5.10 Å². The minimum absolute atomic E-state index is 0.272. The van der Waals surface area contributed by atoms with Crippen LogP contribution in [0.2, 0.25) is 0 Å². The highest BCUT2D eigenvalue weighted by atomic mass is 16.2. The van der Waals surface area contributed by atoms with Crippen LogP contribution in [0.5, 0.6) is 0 Å². The molecule has 0 aromatic heterocycles. The monoisotopic (exact) mass is 219 g/mol. The van der Waals surface area contributed by atoms with Gasteiger partial charge in [-0.15, -0.1) is 0 Å². The molecule has 86 valence electrons. The molecule has 0 aliphatic rings. The summed E-state index contributed by atoms with van der Waals surface area (Å²) < 4.78 is 0. The minimum atomic E-state index is -0.633. The van der Waals surface area contributed by atoms with Gasteiger partial charge in [0, 0.05) is 5.71 Å². The summed E-state index contributed by atoms with van der Waals surface area (Å²) in [5.41, 5.74) is 9.29. The van der Waals surface area contributed by atoms with Gasteiger partial charge in [0.1, 0.15) is 0 Å². The summed E-state index contributed by atoms with van der Waals surface area (Å²) >= 11 is 0. The maximum atomic E-state index is 10.5. The number of hydrogen-bond acceptors (Lipinski definition) is 2. The van der Waals surface area contributed by atoms with Crippen molar-refractivity contribution in [3.8, 4) is 0 Å². The lowest BCUT2D eigenvalue weighted by atomic mass is 9.97. The average molecular weight is 219 g/mol. The quantitative estimate of drug-likeness (QED) is 0.589. The Labute approximate surface area is 95.5 Å². The Morgan fingerprint density at radius 3 is 2.62 bits per heavy atom. The van der Waals surface area contributed by atoms with E-state index in [0.29, 0.717) is 0 Å². The standard InChI is InChI=1S/C12H17N3O/c1-9(10(2)14-15-12(13)16)8-11-6-4-3-5-7-11/h3-7,9H,8H2,1-2H3,(H3,13,15,16)/b14-10+. The first kappa shape index (κ1) is 12.2. The first-order valence-corrected chi connectivity index (χ1v) is 5.23. The van der Waals surface area contributed by atoms with Gasteiger partial charge in [0.15, 0.2) is 0 Å². The van der Waals surface area contributed by atoms with Crippen molar-refractivity contribution in [2.75, 3.05) is 0 Å². The van der Waals surface area contributed by atoms with Crippen molar-refractivity contribution in [2.45, 2.75) is 20.3 Å². The van der Waals surface area contributed by atoms with Gasteiger partial charge in [0.25, 0.3) is 0 Å². The Morgan fingerprint density at radius 2 is 2.06 bits per heavy atom. The molecule has 1 aromatic carbocycles. The van der Waals surface area contributed by atoms with Gasteiger partial charge in [0.05, 0.1) is 0 Å². The molecule has 16 heavy (non-hydrogen) atoms. The summed E-state index contributed by atoms with van der Waals surface area (Å²) in [5, 5.41) is 3.91. The number of urea groups is 1. The van der Waals surface area contributed by atoms with Crippen molar-refractivity contribution in [2.24, 2.45) is 16.8 Å². The number of nitrogens with one attached hydrogen (secondary N) is 1. The molecule has 1 unspecified atom stereocenters. The van der Waals surface area contributed by atoms with E-state index in [1.807, 2.05) is 25.1 Å². The van der Waals surface area contributed by atoms with Crippen molar-refractivity contribution < 1.29 is 4.79 Å². The molecule has 4 nitrogen and oxygen atoms in total. The fourth-order valence-electron chi connectivity index (χ4n) is 1.37. The number of nitrogens with two attached hydrogens (primary N) is 1. The lowest BCUT2D eigenvalue weighted by Gasteiger charge is -2.10. The number of benzene rings is 1. The normalized spacial score (nSPS) is 13.2. The summed E-state index contributed by atoms with van der Waals surface area (Å²) in [6, 6.07) is 9.53.